The smallest absolute Gasteiger partial charge is 0.239 e. The van der Waals surface area contributed by atoms with Crippen LogP contribution in [0.4, 0.5) is 10.1 Å². The Morgan fingerprint density at radius 2 is 2.22 bits per heavy atom. The van der Waals surface area contributed by atoms with E-state index in [2.05, 4.69) is 5.32 Å². The molecule has 1 atom stereocenters. The number of amides is 1. The molecule has 0 spiro atoms. The van der Waals surface area contributed by atoms with E-state index in [1.165, 1.54) is 11.0 Å². The van der Waals surface area contributed by atoms with E-state index in [0.29, 0.717) is 12.1 Å². The number of nitrogens with one attached hydrogen (secondary N) is 1. The van der Waals surface area contributed by atoms with Gasteiger partial charge in [-0.15, -0.1) is 0 Å². The summed E-state index contributed by atoms with van der Waals surface area (Å²) in [7, 11) is 1.62. The number of carbonyl (C=O) groups excluding carboxylic acids is 1. The Bertz CT molecular complexity index is 421. The Kier molecular flexibility index (Phi) is 5.09. The number of anilines is 1. The van der Waals surface area contributed by atoms with Crippen molar-refractivity contribution in [1.82, 2.24) is 5.32 Å². The third-order valence-corrected chi connectivity index (χ3v) is 2.60. The molecule has 0 unspecified atom stereocenters. The van der Waals surface area contributed by atoms with Crippen LogP contribution in [0.2, 0.25) is 0 Å². The Labute approximate surface area is 106 Å². The fourth-order valence-electron chi connectivity index (χ4n) is 1.82. The SMILES string of the molecule is CCNC(=O)CN(C)c1c(F)cccc1[C@H](C)O. The molecule has 0 aliphatic carbocycles. The number of benzene rings is 1. The van der Waals surface area contributed by atoms with Gasteiger partial charge in [0.15, 0.2) is 0 Å². The summed E-state index contributed by atoms with van der Waals surface area (Å²) in [6, 6.07) is 4.51. The lowest BCUT2D eigenvalue weighted by Crippen LogP contribution is -2.35. The summed E-state index contributed by atoms with van der Waals surface area (Å²) >= 11 is 0. The van der Waals surface area contributed by atoms with Crippen molar-refractivity contribution in [2.45, 2.75) is 20.0 Å². The van der Waals surface area contributed by atoms with E-state index in [1.54, 1.807) is 26.1 Å². The topological polar surface area (TPSA) is 52.6 Å². The molecule has 2 N–H and O–H groups in total. The first-order valence-corrected chi connectivity index (χ1v) is 5.91. The van der Waals surface area contributed by atoms with Gasteiger partial charge in [0, 0.05) is 19.2 Å². The number of likely N-dealkylation sites (N-methyl/N-ethyl adjacent to an activating group) is 2. The van der Waals surface area contributed by atoms with Crippen LogP contribution in [-0.4, -0.2) is 31.2 Å². The van der Waals surface area contributed by atoms with E-state index >= 15 is 0 Å². The number of aliphatic hydroxyl groups is 1. The van der Waals surface area contributed by atoms with Crippen molar-refractivity contribution >= 4 is 11.6 Å². The summed E-state index contributed by atoms with van der Waals surface area (Å²) < 4.78 is 13.8. The fourth-order valence-corrected chi connectivity index (χ4v) is 1.82. The van der Waals surface area contributed by atoms with Gasteiger partial charge in [0.25, 0.3) is 0 Å². The van der Waals surface area contributed by atoms with Crippen molar-refractivity contribution in [2.75, 3.05) is 25.0 Å². The molecular formula is C13H19FN2O2. The van der Waals surface area contributed by atoms with Crippen LogP contribution < -0.4 is 10.2 Å². The summed E-state index contributed by atoms with van der Waals surface area (Å²) in [5.41, 5.74) is 0.737. The summed E-state index contributed by atoms with van der Waals surface area (Å²) in [5.74, 6) is -0.625. The molecular weight excluding hydrogens is 235 g/mol. The highest BCUT2D eigenvalue weighted by Gasteiger charge is 2.17. The molecule has 0 heterocycles. The maximum Gasteiger partial charge on any atom is 0.239 e. The average Bonchev–Trinajstić information content (AvgIpc) is 2.28. The molecule has 0 aliphatic rings. The van der Waals surface area contributed by atoms with Crippen LogP contribution in [0.15, 0.2) is 18.2 Å². The fraction of sp³-hybridized carbons (Fsp3) is 0.462. The predicted octanol–water partition coefficient (Wildman–Crippen LogP) is 1.45. The first-order chi connectivity index (χ1) is 8.47. The van der Waals surface area contributed by atoms with Crippen molar-refractivity contribution in [3.8, 4) is 0 Å². The van der Waals surface area contributed by atoms with Crippen LogP contribution in [-0.2, 0) is 4.79 Å². The number of para-hydroxylation sites is 1. The number of nitrogens with zero attached hydrogens (tertiary/aromatic N) is 1. The van der Waals surface area contributed by atoms with Crippen LogP contribution in [0.1, 0.15) is 25.5 Å². The zero-order valence-corrected chi connectivity index (χ0v) is 10.9. The third kappa shape index (κ3) is 3.43. The van der Waals surface area contributed by atoms with Gasteiger partial charge in [-0.1, -0.05) is 12.1 Å². The van der Waals surface area contributed by atoms with Crippen molar-refractivity contribution in [3.63, 3.8) is 0 Å². The first-order valence-electron chi connectivity index (χ1n) is 5.91. The van der Waals surface area contributed by atoms with Gasteiger partial charge in [-0.2, -0.15) is 0 Å². The number of carbonyl (C=O) groups is 1. The molecule has 1 aromatic rings. The summed E-state index contributed by atoms with van der Waals surface area (Å²) in [4.78, 5) is 13.0. The van der Waals surface area contributed by atoms with Crippen LogP contribution in [0.25, 0.3) is 0 Å². The van der Waals surface area contributed by atoms with Gasteiger partial charge in [0.05, 0.1) is 18.3 Å². The number of hydrogen-bond donors (Lipinski definition) is 2. The quantitative estimate of drug-likeness (QED) is 0.836. The molecule has 1 amide bonds. The highest BCUT2D eigenvalue weighted by Crippen LogP contribution is 2.28. The number of aliphatic hydroxyl groups excluding tert-OH is 1. The molecule has 1 aromatic carbocycles. The Morgan fingerprint density at radius 3 is 2.78 bits per heavy atom. The lowest BCUT2D eigenvalue weighted by Gasteiger charge is -2.23. The zero-order valence-electron chi connectivity index (χ0n) is 10.9. The molecule has 4 nitrogen and oxygen atoms in total. The number of hydrogen-bond acceptors (Lipinski definition) is 3. The predicted molar refractivity (Wildman–Crippen MR) is 69.0 cm³/mol. The van der Waals surface area contributed by atoms with E-state index in [9.17, 15) is 14.3 Å². The van der Waals surface area contributed by atoms with Crippen LogP contribution in [0.5, 0.6) is 0 Å². The third-order valence-electron chi connectivity index (χ3n) is 2.60. The second kappa shape index (κ2) is 6.35. The molecule has 0 saturated carbocycles. The van der Waals surface area contributed by atoms with Gasteiger partial charge in [0.1, 0.15) is 5.82 Å². The van der Waals surface area contributed by atoms with Crippen LogP contribution >= 0.6 is 0 Å². The minimum absolute atomic E-state index is 0.0501. The van der Waals surface area contributed by atoms with E-state index in [0.717, 1.165) is 0 Å². The van der Waals surface area contributed by atoms with Gasteiger partial charge in [0.2, 0.25) is 5.91 Å². The molecule has 1 rings (SSSR count). The molecule has 0 radical (unpaired) electrons. The molecule has 100 valence electrons. The highest BCUT2D eigenvalue weighted by molar-refractivity contribution is 5.81. The maximum atomic E-state index is 13.8. The van der Waals surface area contributed by atoms with Gasteiger partial charge in [-0.05, 0) is 19.9 Å². The van der Waals surface area contributed by atoms with Gasteiger partial charge in [-0.25, -0.2) is 4.39 Å². The summed E-state index contributed by atoms with van der Waals surface area (Å²) in [6.45, 7) is 3.97. The molecule has 0 fully saturated rings. The maximum absolute atomic E-state index is 13.8. The molecule has 0 aliphatic heterocycles. The van der Waals surface area contributed by atoms with Crippen molar-refractivity contribution in [3.05, 3.63) is 29.6 Å². The second-order valence-electron chi connectivity index (χ2n) is 4.16. The van der Waals surface area contributed by atoms with Crippen LogP contribution in [0.3, 0.4) is 0 Å². The van der Waals surface area contributed by atoms with E-state index in [4.69, 9.17) is 0 Å². The largest absolute Gasteiger partial charge is 0.389 e. The minimum Gasteiger partial charge on any atom is -0.389 e. The lowest BCUT2D eigenvalue weighted by molar-refractivity contribution is -0.119. The van der Waals surface area contributed by atoms with E-state index in [1.807, 2.05) is 6.92 Å². The first kappa shape index (κ1) is 14.4. The standard InChI is InChI=1S/C13H19FN2O2/c1-4-15-12(18)8-16(3)13-10(9(2)17)6-5-7-11(13)14/h5-7,9,17H,4,8H2,1-3H3,(H,15,18)/t9-/m0/s1. The van der Waals surface area contributed by atoms with E-state index < -0.39 is 11.9 Å². The molecule has 0 bridgehead atoms. The highest BCUT2D eigenvalue weighted by atomic mass is 19.1. The number of halogens is 1. The summed E-state index contributed by atoms with van der Waals surface area (Å²) in [6.07, 6.45) is -0.785. The van der Waals surface area contributed by atoms with Gasteiger partial charge >= 0.3 is 0 Å². The van der Waals surface area contributed by atoms with Gasteiger partial charge in [-0.3, -0.25) is 4.79 Å². The van der Waals surface area contributed by atoms with E-state index in [-0.39, 0.29) is 18.1 Å². The minimum atomic E-state index is -0.785. The molecule has 0 aromatic heterocycles. The lowest BCUT2D eigenvalue weighted by atomic mass is 10.1. The van der Waals surface area contributed by atoms with Crippen molar-refractivity contribution in [1.29, 1.82) is 0 Å². The average molecular weight is 254 g/mol. The second-order valence-corrected chi connectivity index (χ2v) is 4.16. The van der Waals surface area contributed by atoms with Crippen molar-refractivity contribution in [2.24, 2.45) is 0 Å². The van der Waals surface area contributed by atoms with Gasteiger partial charge < -0.3 is 15.3 Å². The Hall–Kier alpha value is -1.62. The number of rotatable bonds is 5. The monoisotopic (exact) mass is 254 g/mol. The summed E-state index contributed by atoms with van der Waals surface area (Å²) in [5, 5.41) is 12.3. The molecule has 0 saturated heterocycles. The Balaban J connectivity index is 2.97. The normalized spacial score (nSPS) is 12.1. The Morgan fingerprint density at radius 1 is 1.56 bits per heavy atom. The van der Waals surface area contributed by atoms with Crippen LogP contribution in [0, 0.1) is 5.82 Å². The molecule has 18 heavy (non-hydrogen) atoms. The zero-order chi connectivity index (χ0) is 13.7. The molecule has 5 heteroatoms. The van der Waals surface area contributed by atoms with Crippen molar-refractivity contribution < 1.29 is 14.3 Å².